The lowest BCUT2D eigenvalue weighted by Crippen LogP contribution is -2.39. The van der Waals surface area contributed by atoms with Crippen molar-refractivity contribution in [2.24, 2.45) is 0 Å². The van der Waals surface area contributed by atoms with Crippen LogP contribution in [-0.2, 0) is 14.3 Å². The van der Waals surface area contributed by atoms with Crippen LogP contribution < -0.4 is 0 Å². The molecular formula is C43H87NO3. The molecule has 0 atom stereocenters. The number of methoxy groups -OCH3 is 1. The van der Waals surface area contributed by atoms with Crippen molar-refractivity contribution in [2.75, 3.05) is 26.8 Å². The van der Waals surface area contributed by atoms with Gasteiger partial charge in [-0.25, -0.2) is 0 Å². The summed E-state index contributed by atoms with van der Waals surface area (Å²) in [4.78, 5) is 15.7. The minimum absolute atomic E-state index is 0.200. The Balaban J connectivity index is 4.33. The largest absolute Gasteiger partial charge is 0.379 e. The molecule has 0 N–H and O–H groups in total. The molecule has 4 nitrogen and oxygen atoms in total. The fourth-order valence-corrected chi connectivity index (χ4v) is 6.56. The van der Waals surface area contributed by atoms with E-state index in [-0.39, 0.29) is 11.5 Å². The lowest BCUT2D eigenvalue weighted by Gasteiger charge is -2.31. The lowest BCUT2D eigenvalue weighted by molar-refractivity contribution is -0.138. The van der Waals surface area contributed by atoms with Crippen LogP contribution in [0.5, 0.6) is 0 Å². The molecule has 0 aliphatic rings. The Kier molecular flexibility index (Phi) is 32.2. The average molecular weight is 666 g/mol. The monoisotopic (exact) mass is 666 g/mol. The molecule has 0 rings (SSSR count). The Morgan fingerprint density at radius 2 is 0.766 bits per heavy atom. The van der Waals surface area contributed by atoms with E-state index >= 15 is 0 Å². The summed E-state index contributed by atoms with van der Waals surface area (Å²) in [6.07, 6.45) is 39.5. The van der Waals surface area contributed by atoms with Gasteiger partial charge in [-0.3, -0.25) is 4.79 Å². The molecule has 0 aromatic carbocycles. The molecule has 0 aromatic rings. The summed E-state index contributed by atoms with van der Waals surface area (Å²) in [6, 6.07) is 0. The van der Waals surface area contributed by atoms with Crippen molar-refractivity contribution in [1.29, 1.82) is 0 Å². The van der Waals surface area contributed by atoms with Crippen molar-refractivity contribution in [1.82, 2.24) is 4.90 Å². The van der Waals surface area contributed by atoms with Crippen molar-refractivity contribution >= 4 is 5.91 Å². The number of nitrogens with zero attached hydrogens (tertiary/aromatic N) is 1. The molecule has 282 valence electrons. The van der Waals surface area contributed by atoms with Gasteiger partial charge in [-0.15, -0.1) is 0 Å². The van der Waals surface area contributed by atoms with E-state index in [1.807, 2.05) is 0 Å². The first-order valence-electron chi connectivity index (χ1n) is 21.1. The van der Waals surface area contributed by atoms with Gasteiger partial charge in [-0.05, 0) is 47.0 Å². The number of rotatable bonds is 37. The van der Waals surface area contributed by atoms with Crippen LogP contribution in [-0.4, -0.2) is 48.8 Å². The van der Waals surface area contributed by atoms with Gasteiger partial charge in [0.15, 0.2) is 0 Å². The first-order chi connectivity index (χ1) is 22.7. The van der Waals surface area contributed by atoms with E-state index in [0.29, 0.717) is 13.0 Å². The number of unbranched alkanes of at least 4 members (excludes halogenated alkanes) is 26. The molecule has 0 aromatic heterocycles. The van der Waals surface area contributed by atoms with E-state index in [9.17, 15) is 4.79 Å². The van der Waals surface area contributed by atoms with E-state index in [1.165, 1.54) is 167 Å². The molecule has 0 radical (unpaired) electrons. The second kappa shape index (κ2) is 32.6. The molecular weight excluding hydrogens is 578 g/mol. The van der Waals surface area contributed by atoms with Gasteiger partial charge in [0.25, 0.3) is 0 Å². The third-order valence-corrected chi connectivity index (χ3v) is 10.2. The zero-order chi connectivity index (χ0) is 34.9. The SMILES string of the molecule is CCCCCCCCCCCCCCCCN(CCCCCCCCCCCCCCCC)C(=O)CC(C)(C)OCCC(C)(C)OC. The average Bonchev–Trinajstić information content (AvgIpc) is 3.03. The van der Waals surface area contributed by atoms with Gasteiger partial charge in [0.2, 0.25) is 5.91 Å². The molecule has 1 amide bonds. The van der Waals surface area contributed by atoms with Gasteiger partial charge in [-0.1, -0.05) is 181 Å². The Bertz CT molecular complexity index is 629. The van der Waals surface area contributed by atoms with E-state index in [4.69, 9.17) is 9.47 Å². The minimum atomic E-state index is -0.454. The van der Waals surface area contributed by atoms with Gasteiger partial charge in [0.05, 0.1) is 24.2 Å². The van der Waals surface area contributed by atoms with Gasteiger partial charge < -0.3 is 14.4 Å². The molecule has 0 bridgehead atoms. The van der Waals surface area contributed by atoms with Gasteiger partial charge >= 0.3 is 0 Å². The zero-order valence-corrected chi connectivity index (χ0v) is 33.5. The fourth-order valence-electron chi connectivity index (χ4n) is 6.56. The molecule has 0 saturated heterocycles. The summed E-state index contributed by atoms with van der Waals surface area (Å²) >= 11 is 0. The highest BCUT2D eigenvalue weighted by Crippen LogP contribution is 2.21. The number of hydrogen-bond donors (Lipinski definition) is 0. The van der Waals surface area contributed by atoms with Crippen molar-refractivity contribution in [2.45, 2.75) is 245 Å². The summed E-state index contributed by atoms with van der Waals surface area (Å²) in [5.74, 6) is 0.269. The minimum Gasteiger partial charge on any atom is -0.379 e. The molecule has 0 saturated carbocycles. The molecule has 0 aliphatic heterocycles. The predicted octanol–water partition coefficient (Wildman–Crippen LogP) is 13.8. The zero-order valence-electron chi connectivity index (χ0n) is 33.5. The van der Waals surface area contributed by atoms with Crippen LogP contribution >= 0.6 is 0 Å². The Morgan fingerprint density at radius 3 is 1.06 bits per heavy atom. The van der Waals surface area contributed by atoms with Crippen molar-refractivity contribution in [3.05, 3.63) is 0 Å². The fraction of sp³-hybridized carbons (Fsp3) is 0.977. The third kappa shape index (κ3) is 32.4. The smallest absolute Gasteiger partial charge is 0.225 e. The highest BCUT2D eigenvalue weighted by Gasteiger charge is 2.27. The van der Waals surface area contributed by atoms with Crippen LogP contribution in [0.4, 0.5) is 0 Å². The highest BCUT2D eigenvalue weighted by atomic mass is 16.5. The lowest BCUT2D eigenvalue weighted by atomic mass is 10.0. The molecule has 0 unspecified atom stereocenters. The Morgan fingerprint density at radius 1 is 0.468 bits per heavy atom. The Labute approximate surface area is 296 Å². The number of ether oxygens (including phenoxy) is 2. The molecule has 0 spiro atoms. The number of carbonyl (C=O) groups excluding carboxylic acids is 1. The molecule has 4 heteroatoms. The first-order valence-corrected chi connectivity index (χ1v) is 21.1. The maximum Gasteiger partial charge on any atom is 0.225 e. The quantitative estimate of drug-likeness (QED) is 0.0620. The number of hydrogen-bond acceptors (Lipinski definition) is 3. The van der Waals surface area contributed by atoms with Gasteiger partial charge in [-0.2, -0.15) is 0 Å². The van der Waals surface area contributed by atoms with Gasteiger partial charge in [0.1, 0.15) is 0 Å². The summed E-state index contributed by atoms with van der Waals surface area (Å²) in [7, 11) is 1.75. The Hall–Kier alpha value is -0.610. The predicted molar refractivity (Wildman–Crippen MR) is 208 cm³/mol. The summed E-state index contributed by atoms with van der Waals surface area (Å²) in [6.45, 7) is 15.3. The van der Waals surface area contributed by atoms with Crippen LogP contribution in [0, 0.1) is 0 Å². The van der Waals surface area contributed by atoms with Crippen LogP contribution in [0.2, 0.25) is 0 Å². The van der Waals surface area contributed by atoms with Gasteiger partial charge in [0, 0.05) is 20.2 Å². The highest BCUT2D eigenvalue weighted by molar-refractivity contribution is 5.77. The summed E-state index contributed by atoms with van der Waals surface area (Å²) in [5.41, 5.74) is -0.655. The number of carbonyl (C=O) groups is 1. The number of amides is 1. The first kappa shape index (κ1) is 46.4. The van der Waals surface area contributed by atoms with Crippen molar-refractivity contribution in [3.8, 4) is 0 Å². The molecule has 47 heavy (non-hydrogen) atoms. The molecule has 0 aliphatic carbocycles. The van der Waals surface area contributed by atoms with E-state index in [1.54, 1.807) is 7.11 Å². The standard InChI is InChI=1S/C43H87NO3/c1-8-10-12-14-16-18-20-22-24-26-28-30-32-34-37-44(41(45)40-43(5,6)47-39-36-42(3,4)46-7)38-35-33-31-29-27-25-23-21-19-17-15-13-11-9-2/h8-40H2,1-7H3. The van der Waals surface area contributed by atoms with E-state index < -0.39 is 5.60 Å². The van der Waals surface area contributed by atoms with Crippen LogP contribution in [0.25, 0.3) is 0 Å². The van der Waals surface area contributed by atoms with E-state index in [2.05, 4.69) is 46.4 Å². The second-order valence-corrected chi connectivity index (χ2v) is 16.1. The summed E-state index contributed by atoms with van der Waals surface area (Å²) < 4.78 is 11.8. The van der Waals surface area contributed by atoms with Crippen LogP contribution in [0.15, 0.2) is 0 Å². The van der Waals surface area contributed by atoms with Crippen LogP contribution in [0.1, 0.15) is 234 Å². The maximum atomic E-state index is 13.5. The molecule has 0 heterocycles. The van der Waals surface area contributed by atoms with Crippen molar-refractivity contribution < 1.29 is 14.3 Å². The third-order valence-electron chi connectivity index (χ3n) is 10.2. The second-order valence-electron chi connectivity index (χ2n) is 16.1. The van der Waals surface area contributed by atoms with Crippen LogP contribution in [0.3, 0.4) is 0 Å². The van der Waals surface area contributed by atoms with Crippen molar-refractivity contribution in [3.63, 3.8) is 0 Å². The molecule has 0 fully saturated rings. The van der Waals surface area contributed by atoms with E-state index in [0.717, 1.165) is 32.4 Å². The maximum absolute atomic E-state index is 13.5. The normalized spacial score (nSPS) is 12.2. The topological polar surface area (TPSA) is 38.8 Å². The summed E-state index contributed by atoms with van der Waals surface area (Å²) in [5, 5.41) is 0.